The molecule has 19 heavy (non-hydrogen) atoms. The summed E-state index contributed by atoms with van der Waals surface area (Å²) in [5, 5.41) is 12.3. The van der Waals surface area contributed by atoms with Crippen molar-refractivity contribution in [3.8, 4) is 0 Å². The molecule has 2 rings (SSSR count). The maximum atomic E-state index is 11.5. The van der Waals surface area contributed by atoms with Crippen LogP contribution in [0.15, 0.2) is 60.7 Å². The molecule has 4 nitrogen and oxygen atoms in total. The van der Waals surface area contributed by atoms with Gasteiger partial charge in [-0.15, -0.1) is 0 Å². The van der Waals surface area contributed by atoms with Crippen LogP contribution in [-0.2, 0) is 11.2 Å². The van der Waals surface area contributed by atoms with Crippen molar-refractivity contribution < 1.29 is 14.5 Å². The molecule has 2 aromatic rings. The normalized spacial score (nSPS) is 9.74. The van der Waals surface area contributed by atoms with Crippen molar-refractivity contribution in [2.24, 2.45) is 0 Å². The number of rotatable bonds is 4. The Morgan fingerprint density at radius 3 is 2.26 bits per heavy atom. The van der Waals surface area contributed by atoms with Gasteiger partial charge in [-0.2, -0.15) is 0 Å². The molecular formula is C14H14BNO3. The van der Waals surface area contributed by atoms with E-state index in [-0.39, 0.29) is 0 Å². The number of hydrogen-bond donors (Lipinski definition) is 2. The largest absolute Gasteiger partial charge is 0.563 e. The molecule has 1 amide bonds. The molecular weight excluding hydrogens is 241 g/mol. The highest BCUT2D eigenvalue weighted by atomic mass is 16.6. The number of amides is 1. The Labute approximate surface area is 112 Å². The van der Waals surface area contributed by atoms with Crippen molar-refractivity contribution >= 4 is 18.7 Å². The zero-order valence-corrected chi connectivity index (χ0v) is 10.3. The van der Waals surface area contributed by atoms with Crippen LogP contribution >= 0.6 is 0 Å². The first kappa shape index (κ1) is 13.2. The van der Waals surface area contributed by atoms with Gasteiger partial charge in [-0.25, -0.2) is 4.79 Å². The second kappa shape index (κ2) is 6.61. The second-order valence-corrected chi connectivity index (χ2v) is 4.01. The zero-order valence-electron chi connectivity index (χ0n) is 10.3. The minimum absolute atomic E-state index is 0.362. The van der Waals surface area contributed by atoms with Crippen molar-refractivity contribution in [3.63, 3.8) is 0 Å². The van der Waals surface area contributed by atoms with Crippen LogP contribution in [0.25, 0.3) is 0 Å². The highest BCUT2D eigenvalue weighted by molar-refractivity contribution is 6.61. The Balaban J connectivity index is 1.82. The lowest BCUT2D eigenvalue weighted by atomic mass is 9.80. The Hall–Kier alpha value is -2.27. The van der Waals surface area contributed by atoms with Crippen molar-refractivity contribution in [1.82, 2.24) is 5.32 Å². The first-order chi connectivity index (χ1) is 9.25. The molecule has 0 heterocycles. The van der Waals surface area contributed by atoms with Crippen LogP contribution in [0, 0.1) is 0 Å². The van der Waals surface area contributed by atoms with Crippen LogP contribution in [0.4, 0.5) is 4.79 Å². The molecule has 0 spiro atoms. The van der Waals surface area contributed by atoms with E-state index in [1.807, 2.05) is 36.4 Å². The second-order valence-electron chi connectivity index (χ2n) is 4.01. The molecule has 0 fully saturated rings. The molecule has 96 valence electrons. The van der Waals surface area contributed by atoms with Crippen LogP contribution in [0.5, 0.6) is 0 Å². The van der Waals surface area contributed by atoms with Crippen LogP contribution in [0.3, 0.4) is 0 Å². The van der Waals surface area contributed by atoms with Gasteiger partial charge < -0.3 is 15.0 Å². The van der Waals surface area contributed by atoms with Gasteiger partial charge in [0.05, 0.1) is 0 Å². The number of carbonyl (C=O) groups is 1. The number of hydrogen-bond acceptors (Lipinski definition) is 3. The fourth-order valence-electron chi connectivity index (χ4n) is 1.60. The summed E-state index contributed by atoms with van der Waals surface area (Å²) in [5.41, 5.74) is 1.51. The third-order valence-electron chi connectivity index (χ3n) is 2.58. The van der Waals surface area contributed by atoms with Crippen LogP contribution in [0.1, 0.15) is 5.56 Å². The average Bonchev–Trinajstić information content (AvgIpc) is 2.47. The van der Waals surface area contributed by atoms with E-state index < -0.39 is 13.2 Å². The van der Waals surface area contributed by atoms with E-state index in [2.05, 4.69) is 5.32 Å². The summed E-state index contributed by atoms with van der Waals surface area (Å²) in [7, 11) is -1.25. The summed E-state index contributed by atoms with van der Waals surface area (Å²) in [6, 6.07) is 18.2. The molecule has 0 saturated carbocycles. The summed E-state index contributed by atoms with van der Waals surface area (Å²) in [4.78, 5) is 11.5. The summed E-state index contributed by atoms with van der Waals surface area (Å²) in [5.74, 6) is 0. The molecule has 0 aliphatic rings. The van der Waals surface area contributed by atoms with Gasteiger partial charge in [0.25, 0.3) is 0 Å². The summed E-state index contributed by atoms with van der Waals surface area (Å²) >= 11 is 0. The average molecular weight is 255 g/mol. The highest BCUT2D eigenvalue weighted by Crippen LogP contribution is 1.97. The van der Waals surface area contributed by atoms with E-state index in [9.17, 15) is 9.82 Å². The maximum Gasteiger partial charge on any atom is 0.563 e. The molecule has 0 saturated heterocycles. The van der Waals surface area contributed by atoms with E-state index in [0.29, 0.717) is 12.0 Å². The Morgan fingerprint density at radius 2 is 1.63 bits per heavy atom. The monoisotopic (exact) mass is 255 g/mol. The van der Waals surface area contributed by atoms with Gasteiger partial charge in [-0.1, -0.05) is 60.7 Å². The lowest BCUT2D eigenvalue weighted by Crippen LogP contribution is -2.39. The van der Waals surface area contributed by atoms with Gasteiger partial charge in [0.1, 0.15) is 0 Å². The van der Waals surface area contributed by atoms with Crippen molar-refractivity contribution in [3.05, 3.63) is 66.2 Å². The van der Waals surface area contributed by atoms with Crippen molar-refractivity contribution in [2.45, 2.75) is 6.54 Å². The van der Waals surface area contributed by atoms with E-state index in [1.165, 1.54) is 0 Å². The zero-order chi connectivity index (χ0) is 13.5. The number of benzene rings is 2. The summed E-state index contributed by atoms with van der Waals surface area (Å²) in [6.45, 7) is 0.362. The van der Waals surface area contributed by atoms with E-state index in [4.69, 9.17) is 4.65 Å². The number of nitrogens with one attached hydrogen (secondary N) is 1. The minimum atomic E-state index is -1.25. The predicted molar refractivity (Wildman–Crippen MR) is 73.8 cm³/mol. The Morgan fingerprint density at radius 1 is 1.05 bits per heavy atom. The van der Waals surface area contributed by atoms with Crippen LogP contribution in [0.2, 0.25) is 0 Å². The van der Waals surface area contributed by atoms with Crippen molar-refractivity contribution in [2.75, 3.05) is 0 Å². The van der Waals surface area contributed by atoms with Gasteiger partial charge in [0.2, 0.25) is 0 Å². The number of carbonyl (C=O) groups excluding carboxylic acids is 1. The molecule has 0 aromatic heterocycles. The topological polar surface area (TPSA) is 58.6 Å². The van der Waals surface area contributed by atoms with Gasteiger partial charge in [0.15, 0.2) is 0 Å². The third kappa shape index (κ3) is 4.15. The smallest absolute Gasteiger partial charge is 0.489 e. The molecule has 2 N–H and O–H groups in total. The van der Waals surface area contributed by atoms with Crippen molar-refractivity contribution in [1.29, 1.82) is 0 Å². The molecule has 0 bridgehead atoms. The SMILES string of the molecule is O=C(NCc1ccccc1)OB(O)c1ccccc1. The molecule has 0 aliphatic heterocycles. The maximum absolute atomic E-state index is 11.5. The first-order valence-corrected chi connectivity index (χ1v) is 5.97. The fraction of sp³-hybridized carbons (Fsp3) is 0.0714. The van der Waals surface area contributed by atoms with Gasteiger partial charge in [-0.3, -0.25) is 0 Å². The molecule has 0 radical (unpaired) electrons. The molecule has 0 aliphatic carbocycles. The lowest BCUT2D eigenvalue weighted by Gasteiger charge is -2.09. The molecule has 2 aromatic carbocycles. The Kier molecular flexibility index (Phi) is 4.58. The van der Waals surface area contributed by atoms with E-state index in [1.54, 1.807) is 24.3 Å². The molecule has 0 atom stereocenters. The standard InChI is InChI=1S/C14H14BNO3/c17-14(16-11-12-7-3-1-4-8-12)19-15(18)13-9-5-2-6-10-13/h1-10,18H,11H2,(H,16,17). The highest BCUT2D eigenvalue weighted by Gasteiger charge is 2.20. The lowest BCUT2D eigenvalue weighted by molar-refractivity contribution is 0.192. The fourth-order valence-corrected chi connectivity index (χ4v) is 1.60. The van der Waals surface area contributed by atoms with Crippen LogP contribution < -0.4 is 10.8 Å². The minimum Gasteiger partial charge on any atom is -0.489 e. The van der Waals surface area contributed by atoms with E-state index >= 15 is 0 Å². The quantitative estimate of drug-likeness (QED) is 0.809. The predicted octanol–water partition coefficient (Wildman–Crippen LogP) is 1.30. The van der Waals surface area contributed by atoms with Crippen LogP contribution in [-0.4, -0.2) is 18.2 Å². The van der Waals surface area contributed by atoms with Gasteiger partial charge >= 0.3 is 13.2 Å². The van der Waals surface area contributed by atoms with E-state index in [0.717, 1.165) is 5.56 Å². The van der Waals surface area contributed by atoms with Gasteiger partial charge in [-0.05, 0) is 11.0 Å². The summed E-state index contributed by atoms with van der Waals surface area (Å²) < 4.78 is 4.86. The Bertz CT molecular complexity index is 519. The first-order valence-electron chi connectivity index (χ1n) is 5.97. The van der Waals surface area contributed by atoms with Gasteiger partial charge in [0, 0.05) is 6.54 Å². The molecule has 5 heteroatoms. The summed E-state index contributed by atoms with van der Waals surface area (Å²) in [6.07, 6.45) is -0.653. The third-order valence-corrected chi connectivity index (χ3v) is 2.58. The molecule has 0 unspecified atom stereocenters.